The van der Waals surface area contributed by atoms with Gasteiger partial charge >= 0.3 is 0 Å². The van der Waals surface area contributed by atoms with Gasteiger partial charge in [0.15, 0.2) is 0 Å². The molecule has 2 rings (SSSR count). The minimum absolute atomic E-state index is 0. The molecular weight excluding hydrogens is 313 g/mol. The van der Waals surface area contributed by atoms with Crippen molar-refractivity contribution in [2.24, 2.45) is 11.7 Å². The van der Waals surface area contributed by atoms with Crippen molar-refractivity contribution < 1.29 is 5.11 Å². The van der Waals surface area contributed by atoms with Crippen LogP contribution in [0.25, 0.3) is 0 Å². The molecule has 5 heteroatoms. The molecule has 0 aliphatic heterocycles. The summed E-state index contributed by atoms with van der Waals surface area (Å²) in [6, 6.07) is 5.22. The van der Waals surface area contributed by atoms with Crippen LogP contribution in [0.5, 0.6) is 0 Å². The molecule has 0 radical (unpaired) electrons. The zero-order valence-electron chi connectivity index (χ0n) is 8.57. The Morgan fingerprint density at radius 2 is 2.06 bits per heavy atom. The Balaban J connectivity index is 0.00000128. The first kappa shape index (κ1) is 14.3. The molecule has 0 saturated heterocycles. The summed E-state index contributed by atoms with van der Waals surface area (Å²) in [5, 5.41) is 10.6. The fourth-order valence-corrected chi connectivity index (χ4v) is 2.16. The third-order valence-electron chi connectivity index (χ3n) is 2.80. The van der Waals surface area contributed by atoms with Gasteiger partial charge in [0.25, 0.3) is 0 Å². The topological polar surface area (TPSA) is 46.2 Å². The molecule has 0 amide bonds. The van der Waals surface area contributed by atoms with Gasteiger partial charge in [0.2, 0.25) is 0 Å². The molecule has 1 aliphatic rings. The Morgan fingerprint density at radius 3 is 2.56 bits per heavy atom. The first-order valence-electron chi connectivity index (χ1n) is 4.98. The molecular formula is C11H14BrCl2NO. The molecule has 16 heavy (non-hydrogen) atoms. The van der Waals surface area contributed by atoms with Crippen molar-refractivity contribution >= 4 is 39.9 Å². The molecule has 0 heterocycles. The van der Waals surface area contributed by atoms with Crippen LogP contribution < -0.4 is 5.73 Å². The van der Waals surface area contributed by atoms with E-state index in [9.17, 15) is 5.11 Å². The molecule has 3 N–H and O–H groups in total. The molecule has 1 saturated carbocycles. The molecule has 0 aromatic heterocycles. The van der Waals surface area contributed by atoms with Gasteiger partial charge in [-0.2, -0.15) is 0 Å². The molecule has 1 aromatic rings. The summed E-state index contributed by atoms with van der Waals surface area (Å²) in [5.41, 5.74) is 6.91. The predicted molar refractivity (Wildman–Crippen MR) is 72.1 cm³/mol. The van der Waals surface area contributed by atoms with Crippen LogP contribution in [-0.2, 0) is 0 Å². The maximum atomic E-state index is 9.90. The highest BCUT2D eigenvalue weighted by Crippen LogP contribution is 2.38. The molecule has 0 bridgehead atoms. The summed E-state index contributed by atoms with van der Waals surface area (Å²) in [4.78, 5) is 0. The lowest BCUT2D eigenvalue weighted by Crippen LogP contribution is -2.27. The summed E-state index contributed by atoms with van der Waals surface area (Å²) < 4.78 is 0.820. The van der Waals surface area contributed by atoms with Gasteiger partial charge in [0, 0.05) is 4.47 Å². The van der Waals surface area contributed by atoms with Crippen LogP contribution in [0.1, 0.15) is 24.4 Å². The molecule has 2 atom stereocenters. The fraction of sp³-hybridized carbons (Fsp3) is 0.455. The quantitative estimate of drug-likeness (QED) is 0.895. The van der Waals surface area contributed by atoms with Crippen LogP contribution in [0.2, 0.25) is 5.02 Å². The molecule has 1 aliphatic carbocycles. The van der Waals surface area contributed by atoms with E-state index in [2.05, 4.69) is 15.9 Å². The zero-order valence-corrected chi connectivity index (χ0v) is 11.7. The van der Waals surface area contributed by atoms with Crippen LogP contribution in [0.3, 0.4) is 0 Å². The maximum Gasteiger partial charge on any atom is 0.0760 e. The smallest absolute Gasteiger partial charge is 0.0760 e. The third kappa shape index (κ3) is 3.11. The molecule has 1 aromatic carbocycles. The molecule has 90 valence electrons. The largest absolute Gasteiger partial charge is 0.391 e. The monoisotopic (exact) mass is 325 g/mol. The number of benzene rings is 1. The molecule has 2 nitrogen and oxygen atoms in total. The molecule has 0 unspecified atom stereocenters. The van der Waals surface area contributed by atoms with Crippen molar-refractivity contribution in [3.8, 4) is 0 Å². The number of rotatable bonds is 3. The standard InChI is InChI=1S/C11H13BrClNO.ClH/c12-8-5-7(3-4-9(8)13)10(14)11(15)6-1-2-6;/h3-6,10-11,15H,1-2,14H2;1H/t10-,11+;/m0./s1. The van der Waals surface area contributed by atoms with Crippen LogP contribution in [0.4, 0.5) is 0 Å². The summed E-state index contributed by atoms with van der Waals surface area (Å²) in [7, 11) is 0. The normalized spacial score (nSPS) is 18.8. The van der Waals surface area contributed by atoms with Crippen LogP contribution >= 0.6 is 39.9 Å². The fourth-order valence-electron chi connectivity index (χ4n) is 1.65. The van der Waals surface area contributed by atoms with Gasteiger partial charge in [-0.25, -0.2) is 0 Å². The van der Waals surface area contributed by atoms with Crippen LogP contribution in [0, 0.1) is 5.92 Å². The summed E-state index contributed by atoms with van der Waals surface area (Å²) in [6.45, 7) is 0. The summed E-state index contributed by atoms with van der Waals surface area (Å²) in [6.07, 6.45) is 1.74. The van der Waals surface area contributed by atoms with E-state index in [4.69, 9.17) is 17.3 Å². The zero-order chi connectivity index (χ0) is 11.0. The van der Waals surface area contributed by atoms with Gasteiger partial charge in [-0.1, -0.05) is 17.7 Å². The van der Waals surface area contributed by atoms with Crippen molar-refractivity contribution in [1.82, 2.24) is 0 Å². The van der Waals surface area contributed by atoms with E-state index >= 15 is 0 Å². The van der Waals surface area contributed by atoms with Gasteiger partial charge in [0.1, 0.15) is 0 Å². The Kier molecular flexibility index (Phi) is 5.08. The van der Waals surface area contributed by atoms with Crippen molar-refractivity contribution in [2.45, 2.75) is 25.0 Å². The first-order chi connectivity index (χ1) is 7.09. The van der Waals surface area contributed by atoms with Crippen LogP contribution in [-0.4, -0.2) is 11.2 Å². The van der Waals surface area contributed by atoms with Crippen LogP contribution in [0.15, 0.2) is 22.7 Å². The first-order valence-corrected chi connectivity index (χ1v) is 6.15. The van der Waals surface area contributed by atoms with E-state index < -0.39 is 6.10 Å². The van der Waals surface area contributed by atoms with E-state index in [0.717, 1.165) is 22.9 Å². The number of aliphatic hydroxyl groups is 1. The number of nitrogens with two attached hydrogens (primary N) is 1. The van der Waals surface area contributed by atoms with Gasteiger partial charge < -0.3 is 10.8 Å². The predicted octanol–water partition coefficient (Wildman–Crippen LogP) is 3.30. The summed E-state index contributed by atoms with van der Waals surface area (Å²) >= 11 is 9.24. The second kappa shape index (κ2) is 5.69. The highest BCUT2D eigenvalue weighted by molar-refractivity contribution is 9.10. The lowest BCUT2D eigenvalue weighted by molar-refractivity contribution is 0.122. The minimum atomic E-state index is -0.432. The molecule has 1 fully saturated rings. The van der Waals surface area contributed by atoms with Gasteiger partial charge in [-0.15, -0.1) is 12.4 Å². The van der Waals surface area contributed by atoms with Gasteiger partial charge in [0.05, 0.1) is 17.2 Å². The second-order valence-corrected chi connectivity index (χ2v) is 5.29. The molecule has 0 spiro atoms. The average molecular weight is 327 g/mol. The van der Waals surface area contributed by atoms with Gasteiger partial charge in [-0.3, -0.25) is 0 Å². The SMILES string of the molecule is Cl.N[C@@H](c1ccc(Cl)c(Br)c1)[C@H](O)C1CC1. The Bertz CT molecular complexity index is 371. The van der Waals surface area contributed by atoms with Crippen molar-refractivity contribution in [3.63, 3.8) is 0 Å². The van der Waals surface area contributed by atoms with Crippen molar-refractivity contribution in [1.29, 1.82) is 0 Å². The minimum Gasteiger partial charge on any atom is -0.391 e. The summed E-state index contributed by atoms with van der Waals surface area (Å²) in [5.74, 6) is 0.384. The lowest BCUT2D eigenvalue weighted by atomic mass is 9.99. The van der Waals surface area contributed by atoms with E-state index in [1.807, 2.05) is 12.1 Å². The Morgan fingerprint density at radius 1 is 1.44 bits per heavy atom. The van der Waals surface area contributed by atoms with Crippen molar-refractivity contribution in [3.05, 3.63) is 33.3 Å². The number of hydrogen-bond donors (Lipinski definition) is 2. The number of aliphatic hydroxyl groups excluding tert-OH is 1. The van der Waals surface area contributed by atoms with Crippen molar-refractivity contribution in [2.75, 3.05) is 0 Å². The maximum absolute atomic E-state index is 9.90. The van der Waals surface area contributed by atoms with E-state index in [1.165, 1.54) is 0 Å². The second-order valence-electron chi connectivity index (χ2n) is 4.03. The van der Waals surface area contributed by atoms with E-state index in [0.29, 0.717) is 10.9 Å². The highest BCUT2D eigenvalue weighted by Gasteiger charge is 2.34. The highest BCUT2D eigenvalue weighted by atomic mass is 79.9. The van der Waals surface area contributed by atoms with E-state index in [-0.39, 0.29) is 18.4 Å². The number of halogens is 3. The Labute approximate surface area is 115 Å². The third-order valence-corrected chi connectivity index (χ3v) is 4.02. The Hall–Kier alpha value is 0.200. The lowest BCUT2D eigenvalue weighted by Gasteiger charge is -2.19. The van der Waals surface area contributed by atoms with Gasteiger partial charge in [-0.05, 0) is 52.4 Å². The number of hydrogen-bond acceptors (Lipinski definition) is 2. The average Bonchev–Trinajstić information content (AvgIpc) is 3.03. The van der Waals surface area contributed by atoms with E-state index in [1.54, 1.807) is 6.07 Å².